The first-order chi connectivity index (χ1) is 6.36. The number of carboxylic acids is 1. The Balaban J connectivity index is 2.09. The second-order valence-corrected chi connectivity index (χ2v) is 5.75. The largest absolute Gasteiger partial charge is 0.480 e. The minimum atomic E-state index is -0.643. The molecule has 1 aliphatic heterocycles. The zero-order valence-corrected chi connectivity index (χ0v) is 9.21. The zero-order chi connectivity index (χ0) is 10.6. The lowest BCUT2D eigenvalue weighted by atomic mass is 9.78. The van der Waals surface area contributed by atoms with E-state index in [4.69, 9.17) is 0 Å². The van der Waals surface area contributed by atoms with E-state index in [0.717, 1.165) is 25.9 Å². The highest BCUT2D eigenvalue weighted by molar-refractivity contribution is 5.79. The van der Waals surface area contributed by atoms with Crippen LogP contribution in [0, 0.1) is 11.3 Å². The summed E-state index contributed by atoms with van der Waals surface area (Å²) in [5.74, 6) is -0.258. The van der Waals surface area contributed by atoms with Crippen molar-refractivity contribution in [3.8, 4) is 0 Å². The Labute approximate surface area is 85.1 Å². The first kappa shape index (κ1) is 9.97. The molecule has 0 amide bonds. The van der Waals surface area contributed by atoms with Crippen molar-refractivity contribution < 1.29 is 9.90 Å². The third kappa shape index (κ3) is 1.34. The Morgan fingerprint density at radius 1 is 1.43 bits per heavy atom. The van der Waals surface area contributed by atoms with Gasteiger partial charge in [-0.1, -0.05) is 13.8 Å². The average Bonchev–Trinajstić information content (AvgIpc) is 2.80. The molecule has 0 bridgehead atoms. The molecule has 2 rings (SSSR count). The van der Waals surface area contributed by atoms with E-state index in [2.05, 4.69) is 18.7 Å². The molecule has 0 radical (unpaired) electrons. The van der Waals surface area contributed by atoms with Gasteiger partial charge < -0.3 is 5.11 Å². The standard InChI is InChI=1S/C11H19NO2/c1-10(2)6-12(7-10)11(3,9(13)14)8-4-5-8/h8H,4-7H2,1-3H3,(H,13,14). The molecule has 1 heterocycles. The molecule has 3 nitrogen and oxygen atoms in total. The van der Waals surface area contributed by atoms with E-state index < -0.39 is 11.5 Å². The number of hydrogen-bond acceptors (Lipinski definition) is 2. The molecule has 0 spiro atoms. The van der Waals surface area contributed by atoms with Gasteiger partial charge in [0.05, 0.1) is 0 Å². The van der Waals surface area contributed by atoms with E-state index in [1.807, 2.05) is 6.92 Å². The maximum Gasteiger partial charge on any atom is 0.324 e. The maximum atomic E-state index is 11.3. The summed E-state index contributed by atoms with van der Waals surface area (Å²) in [4.78, 5) is 13.4. The molecule has 1 saturated heterocycles. The van der Waals surface area contributed by atoms with Crippen molar-refractivity contribution >= 4 is 5.97 Å². The van der Waals surface area contributed by atoms with Gasteiger partial charge in [0.25, 0.3) is 0 Å². The first-order valence-corrected chi connectivity index (χ1v) is 5.35. The highest BCUT2D eigenvalue weighted by Crippen LogP contribution is 2.47. The fourth-order valence-electron chi connectivity index (χ4n) is 2.53. The van der Waals surface area contributed by atoms with Gasteiger partial charge in [0.2, 0.25) is 0 Å². The quantitative estimate of drug-likeness (QED) is 0.746. The number of carbonyl (C=O) groups is 1. The maximum absolute atomic E-state index is 11.3. The molecule has 3 heteroatoms. The van der Waals surface area contributed by atoms with Gasteiger partial charge in [-0.25, -0.2) is 0 Å². The molecule has 0 aromatic rings. The van der Waals surface area contributed by atoms with Gasteiger partial charge >= 0.3 is 5.97 Å². The van der Waals surface area contributed by atoms with Crippen molar-refractivity contribution in [3.05, 3.63) is 0 Å². The predicted octanol–water partition coefficient (Wildman–Crippen LogP) is 1.58. The van der Waals surface area contributed by atoms with Gasteiger partial charge in [-0.15, -0.1) is 0 Å². The molecular formula is C11H19NO2. The van der Waals surface area contributed by atoms with Crippen LogP contribution < -0.4 is 0 Å². The molecule has 0 aromatic heterocycles. The summed E-state index contributed by atoms with van der Waals surface area (Å²) in [6, 6.07) is 0. The van der Waals surface area contributed by atoms with Gasteiger partial charge in [0, 0.05) is 13.1 Å². The van der Waals surface area contributed by atoms with Crippen molar-refractivity contribution in [1.29, 1.82) is 0 Å². The molecular weight excluding hydrogens is 178 g/mol. The van der Waals surface area contributed by atoms with Crippen molar-refractivity contribution in [3.63, 3.8) is 0 Å². The number of carboxylic acid groups (broad SMARTS) is 1. The second kappa shape index (κ2) is 2.72. The molecule has 1 atom stereocenters. The van der Waals surface area contributed by atoms with Crippen LogP contribution in [0.1, 0.15) is 33.6 Å². The summed E-state index contributed by atoms with van der Waals surface area (Å²) in [6.45, 7) is 8.12. The average molecular weight is 197 g/mol. The number of likely N-dealkylation sites (tertiary alicyclic amines) is 1. The molecule has 14 heavy (non-hydrogen) atoms. The summed E-state index contributed by atoms with van der Waals surface area (Å²) in [6.07, 6.45) is 2.17. The lowest BCUT2D eigenvalue weighted by Crippen LogP contribution is -2.66. The fourth-order valence-corrected chi connectivity index (χ4v) is 2.53. The first-order valence-electron chi connectivity index (χ1n) is 5.35. The van der Waals surface area contributed by atoms with Crippen molar-refractivity contribution in [2.75, 3.05) is 13.1 Å². The van der Waals surface area contributed by atoms with Crippen LogP contribution in [0.2, 0.25) is 0 Å². The van der Waals surface area contributed by atoms with Crippen LogP contribution in [0.3, 0.4) is 0 Å². The molecule has 2 fully saturated rings. The fraction of sp³-hybridized carbons (Fsp3) is 0.909. The van der Waals surface area contributed by atoms with Crippen LogP contribution in [0.5, 0.6) is 0 Å². The monoisotopic (exact) mass is 197 g/mol. The smallest absolute Gasteiger partial charge is 0.324 e. The predicted molar refractivity (Wildman–Crippen MR) is 54.1 cm³/mol. The van der Waals surface area contributed by atoms with E-state index in [1.165, 1.54) is 0 Å². The Bertz CT molecular complexity index is 262. The van der Waals surface area contributed by atoms with Crippen LogP contribution in [-0.2, 0) is 4.79 Å². The van der Waals surface area contributed by atoms with Crippen LogP contribution in [-0.4, -0.2) is 34.6 Å². The summed E-state index contributed by atoms with van der Waals surface area (Å²) >= 11 is 0. The van der Waals surface area contributed by atoms with Gasteiger partial charge in [0.15, 0.2) is 0 Å². The molecule has 1 saturated carbocycles. The topological polar surface area (TPSA) is 40.5 Å². The van der Waals surface area contributed by atoms with Crippen LogP contribution in [0.15, 0.2) is 0 Å². The summed E-state index contributed by atoms with van der Waals surface area (Å²) < 4.78 is 0. The van der Waals surface area contributed by atoms with Crippen molar-refractivity contribution in [1.82, 2.24) is 4.90 Å². The summed E-state index contributed by atoms with van der Waals surface area (Å²) in [5.41, 5.74) is -0.277. The van der Waals surface area contributed by atoms with E-state index >= 15 is 0 Å². The third-order valence-electron chi connectivity index (χ3n) is 3.70. The lowest BCUT2D eigenvalue weighted by molar-refractivity contribution is -0.162. The minimum absolute atomic E-state index is 0.311. The van der Waals surface area contributed by atoms with E-state index in [-0.39, 0.29) is 0 Å². The SMILES string of the molecule is CC1(C)CN(C(C)(C(=O)O)C2CC2)C1. The zero-order valence-electron chi connectivity index (χ0n) is 9.21. The molecule has 1 unspecified atom stereocenters. The number of rotatable bonds is 3. The van der Waals surface area contributed by atoms with Crippen molar-refractivity contribution in [2.24, 2.45) is 11.3 Å². The highest BCUT2D eigenvalue weighted by Gasteiger charge is 2.56. The number of hydrogen-bond donors (Lipinski definition) is 1. The van der Waals surface area contributed by atoms with E-state index in [1.54, 1.807) is 0 Å². The van der Waals surface area contributed by atoms with Gasteiger partial charge in [0.1, 0.15) is 5.54 Å². The molecule has 1 aliphatic carbocycles. The lowest BCUT2D eigenvalue weighted by Gasteiger charge is -2.53. The van der Waals surface area contributed by atoms with Crippen molar-refractivity contribution in [2.45, 2.75) is 39.2 Å². The molecule has 1 N–H and O–H groups in total. The normalized spacial score (nSPS) is 30.5. The minimum Gasteiger partial charge on any atom is -0.480 e. The Morgan fingerprint density at radius 3 is 2.21 bits per heavy atom. The van der Waals surface area contributed by atoms with Gasteiger partial charge in [-0.2, -0.15) is 0 Å². The van der Waals surface area contributed by atoms with Crippen LogP contribution in [0.4, 0.5) is 0 Å². The Kier molecular flexibility index (Phi) is 1.94. The highest BCUT2D eigenvalue weighted by atomic mass is 16.4. The number of nitrogens with zero attached hydrogens (tertiary/aromatic N) is 1. The van der Waals surface area contributed by atoms with Gasteiger partial charge in [-0.05, 0) is 31.1 Å². The summed E-state index contributed by atoms with van der Waals surface area (Å²) in [5, 5.41) is 9.31. The van der Waals surface area contributed by atoms with Gasteiger partial charge in [-0.3, -0.25) is 9.69 Å². The Hall–Kier alpha value is -0.570. The van der Waals surface area contributed by atoms with E-state index in [0.29, 0.717) is 11.3 Å². The summed E-state index contributed by atoms with van der Waals surface area (Å²) in [7, 11) is 0. The van der Waals surface area contributed by atoms with Crippen LogP contribution in [0.25, 0.3) is 0 Å². The number of aliphatic carboxylic acids is 1. The molecule has 80 valence electrons. The molecule has 2 aliphatic rings. The third-order valence-corrected chi connectivity index (χ3v) is 3.70. The molecule has 0 aromatic carbocycles. The van der Waals surface area contributed by atoms with Crippen LogP contribution >= 0.6 is 0 Å². The Morgan fingerprint density at radius 2 is 1.93 bits per heavy atom. The second-order valence-electron chi connectivity index (χ2n) is 5.75. The van der Waals surface area contributed by atoms with E-state index in [9.17, 15) is 9.90 Å².